The maximum absolute atomic E-state index is 13.1. The second-order valence-corrected chi connectivity index (χ2v) is 7.26. The summed E-state index contributed by atoms with van der Waals surface area (Å²) < 4.78 is 8.13. The lowest BCUT2D eigenvalue weighted by atomic mass is 10.3. The highest BCUT2D eigenvalue weighted by atomic mass is 35.5. The zero-order chi connectivity index (χ0) is 17.9. The van der Waals surface area contributed by atoms with Crippen molar-refractivity contribution in [2.75, 3.05) is 44.3 Å². The van der Waals surface area contributed by atoms with Gasteiger partial charge in [0.15, 0.2) is 10.8 Å². The highest BCUT2D eigenvalue weighted by Gasteiger charge is 2.24. The van der Waals surface area contributed by atoms with Crippen LogP contribution in [0.3, 0.4) is 0 Å². The summed E-state index contributed by atoms with van der Waals surface area (Å²) >= 11 is 1.54. The van der Waals surface area contributed by atoms with Gasteiger partial charge in [-0.25, -0.2) is 4.98 Å². The van der Waals surface area contributed by atoms with Crippen LogP contribution in [0, 0.1) is 0 Å². The van der Waals surface area contributed by atoms with Crippen LogP contribution in [0.5, 0.6) is 0 Å². The van der Waals surface area contributed by atoms with Crippen LogP contribution in [-0.2, 0) is 11.8 Å². The highest BCUT2D eigenvalue weighted by molar-refractivity contribution is 7.22. The van der Waals surface area contributed by atoms with Crippen LogP contribution < -0.4 is 4.90 Å². The van der Waals surface area contributed by atoms with E-state index in [1.165, 1.54) is 11.3 Å². The Morgan fingerprint density at radius 3 is 2.74 bits per heavy atom. The smallest absolute Gasteiger partial charge is 0.280 e. The van der Waals surface area contributed by atoms with E-state index in [2.05, 4.69) is 15.0 Å². The van der Waals surface area contributed by atoms with Gasteiger partial charge in [0, 0.05) is 39.4 Å². The highest BCUT2D eigenvalue weighted by Crippen LogP contribution is 2.29. The molecule has 1 aliphatic rings. The number of amides is 1. The van der Waals surface area contributed by atoms with Gasteiger partial charge in [-0.15, -0.1) is 12.4 Å². The summed E-state index contributed by atoms with van der Waals surface area (Å²) in [5.74, 6) is -0.113. The largest absolute Gasteiger partial charge is 0.379 e. The molecule has 7 nitrogen and oxygen atoms in total. The molecule has 27 heavy (non-hydrogen) atoms. The fourth-order valence-electron chi connectivity index (χ4n) is 2.99. The number of carbonyl (C=O) groups excluding carboxylic acids is 1. The van der Waals surface area contributed by atoms with E-state index in [9.17, 15) is 4.79 Å². The van der Waals surface area contributed by atoms with Gasteiger partial charge >= 0.3 is 0 Å². The molecule has 1 fully saturated rings. The predicted octanol–water partition coefficient (Wildman–Crippen LogP) is 2.43. The number of nitrogens with zero attached hydrogens (tertiary/aromatic N) is 5. The number of fused-ring (bicyclic) bond motifs is 1. The number of rotatable bonds is 5. The molecule has 144 valence electrons. The standard InChI is InChI=1S/C18H21N5O2S.ClH/c1-21-7-6-15(20-21)17(24)23(9-8-22-10-12-25-13-11-22)18-19-14-4-2-3-5-16(14)26-18;/h2-7H,8-13H2,1H3;1H. The average Bonchev–Trinajstić information content (AvgIpc) is 3.28. The molecule has 0 saturated carbocycles. The van der Waals surface area contributed by atoms with Crippen molar-refractivity contribution in [3.8, 4) is 0 Å². The van der Waals surface area contributed by atoms with E-state index in [0.29, 0.717) is 12.2 Å². The molecule has 0 radical (unpaired) electrons. The number of hydrogen-bond donors (Lipinski definition) is 0. The van der Waals surface area contributed by atoms with E-state index in [1.54, 1.807) is 21.8 Å². The maximum atomic E-state index is 13.1. The molecule has 9 heteroatoms. The molecular weight excluding hydrogens is 386 g/mol. The Morgan fingerprint density at radius 2 is 2.04 bits per heavy atom. The number of morpholine rings is 1. The van der Waals surface area contributed by atoms with Gasteiger partial charge in [0.1, 0.15) is 0 Å². The minimum absolute atomic E-state index is 0. The molecule has 2 aromatic heterocycles. The molecule has 0 spiro atoms. The number of aromatic nitrogens is 3. The molecule has 0 atom stereocenters. The van der Waals surface area contributed by atoms with Crippen molar-refractivity contribution in [1.82, 2.24) is 19.7 Å². The third-order valence-corrected chi connectivity index (χ3v) is 5.49. The number of para-hydroxylation sites is 1. The first-order valence-corrected chi connectivity index (χ1v) is 9.49. The lowest BCUT2D eigenvalue weighted by Gasteiger charge is -2.29. The van der Waals surface area contributed by atoms with Crippen molar-refractivity contribution >= 4 is 45.0 Å². The van der Waals surface area contributed by atoms with Crippen LogP contribution in [-0.4, -0.2) is 65.0 Å². The zero-order valence-corrected chi connectivity index (χ0v) is 16.7. The van der Waals surface area contributed by atoms with Crippen LogP contribution in [0.15, 0.2) is 36.5 Å². The minimum atomic E-state index is -0.113. The van der Waals surface area contributed by atoms with Gasteiger partial charge < -0.3 is 4.74 Å². The lowest BCUT2D eigenvalue weighted by Crippen LogP contribution is -2.43. The molecular formula is C18H22ClN5O2S. The fraction of sp³-hybridized carbons (Fsp3) is 0.389. The molecule has 0 N–H and O–H groups in total. The third kappa shape index (κ3) is 4.47. The third-order valence-electron chi connectivity index (χ3n) is 4.43. The first-order valence-electron chi connectivity index (χ1n) is 8.68. The topological polar surface area (TPSA) is 63.5 Å². The normalized spacial score (nSPS) is 14.9. The van der Waals surface area contributed by atoms with Gasteiger partial charge in [0.2, 0.25) is 0 Å². The van der Waals surface area contributed by atoms with Crippen LogP contribution in [0.4, 0.5) is 5.13 Å². The molecule has 1 saturated heterocycles. The molecule has 0 bridgehead atoms. The van der Waals surface area contributed by atoms with Crippen molar-refractivity contribution < 1.29 is 9.53 Å². The molecule has 4 rings (SSSR count). The van der Waals surface area contributed by atoms with Crippen molar-refractivity contribution in [1.29, 1.82) is 0 Å². The van der Waals surface area contributed by atoms with Crippen molar-refractivity contribution in [3.63, 3.8) is 0 Å². The molecule has 0 aliphatic carbocycles. The van der Waals surface area contributed by atoms with E-state index in [1.807, 2.05) is 31.3 Å². The number of ether oxygens (including phenoxy) is 1. The number of benzene rings is 1. The van der Waals surface area contributed by atoms with Crippen molar-refractivity contribution in [2.24, 2.45) is 7.05 Å². The van der Waals surface area contributed by atoms with Gasteiger partial charge in [-0.1, -0.05) is 23.5 Å². The summed E-state index contributed by atoms with van der Waals surface area (Å²) in [4.78, 5) is 21.8. The van der Waals surface area contributed by atoms with Crippen molar-refractivity contribution in [3.05, 3.63) is 42.2 Å². The van der Waals surface area contributed by atoms with Crippen LogP contribution in [0.25, 0.3) is 10.2 Å². The quantitative estimate of drug-likeness (QED) is 0.650. The summed E-state index contributed by atoms with van der Waals surface area (Å²) in [7, 11) is 1.81. The van der Waals surface area contributed by atoms with E-state index in [0.717, 1.165) is 48.2 Å². The lowest BCUT2D eigenvalue weighted by molar-refractivity contribution is 0.0391. The molecule has 3 heterocycles. The van der Waals surface area contributed by atoms with Crippen molar-refractivity contribution in [2.45, 2.75) is 0 Å². The summed E-state index contributed by atoms with van der Waals surface area (Å²) in [6.07, 6.45) is 1.78. The Morgan fingerprint density at radius 1 is 1.26 bits per heavy atom. The fourth-order valence-corrected chi connectivity index (χ4v) is 3.98. The summed E-state index contributed by atoms with van der Waals surface area (Å²) in [5.41, 5.74) is 1.35. The summed E-state index contributed by atoms with van der Waals surface area (Å²) in [6, 6.07) is 9.70. The monoisotopic (exact) mass is 407 g/mol. The molecule has 1 aliphatic heterocycles. The van der Waals surface area contributed by atoms with Crippen LogP contribution in [0.1, 0.15) is 10.5 Å². The number of hydrogen-bond acceptors (Lipinski definition) is 6. The Balaban J connectivity index is 0.00000210. The second-order valence-electron chi connectivity index (χ2n) is 6.25. The van der Waals surface area contributed by atoms with Gasteiger partial charge in [-0.05, 0) is 18.2 Å². The Labute approximate surface area is 167 Å². The van der Waals surface area contributed by atoms with E-state index in [4.69, 9.17) is 4.74 Å². The number of halogens is 1. The van der Waals surface area contributed by atoms with Gasteiger partial charge in [0.25, 0.3) is 5.91 Å². The minimum Gasteiger partial charge on any atom is -0.379 e. The summed E-state index contributed by atoms with van der Waals surface area (Å²) in [6.45, 7) is 4.65. The number of thiazole rings is 1. The molecule has 3 aromatic rings. The molecule has 0 unspecified atom stereocenters. The molecule has 1 amide bonds. The van der Waals surface area contributed by atoms with Crippen LogP contribution >= 0.6 is 23.7 Å². The number of carbonyl (C=O) groups is 1. The first kappa shape index (κ1) is 19.8. The number of anilines is 1. The van der Waals surface area contributed by atoms with Gasteiger partial charge in [-0.3, -0.25) is 19.3 Å². The molecule has 1 aromatic carbocycles. The van der Waals surface area contributed by atoms with E-state index in [-0.39, 0.29) is 18.3 Å². The van der Waals surface area contributed by atoms with Gasteiger partial charge in [0.05, 0.1) is 23.4 Å². The zero-order valence-electron chi connectivity index (χ0n) is 15.1. The maximum Gasteiger partial charge on any atom is 0.280 e. The Hall–Kier alpha value is -2.00. The summed E-state index contributed by atoms with van der Waals surface area (Å²) in [5, 5.41) is 4.99. The Kier molecular flexibility index (Phi) is 6.43. The Bertz CT molecular complexity index is 873. The second kappa shape index (κ2) is 8.79. The van der Waals surface area contributed by atoms with Gasteiger partial charge in [-0.2, -0.15) is 5.10 Å². The predicted molar refractivity (Wildman–Crippen MR) is 109 cm³/mol. The average molecular weight is 408 g/mol. The van der Waals surface area contributed by atoms with E-state index >= 15 is 0 Å². The first-order chi connectivity index (χ1) is 12.7. The number of aryl methyl sites for hydroxylation is 1. The van der Waals surface area contributed by atoms with Crippen LogP contribution in [0.2, 0.25) is 0 Å². The van der Waals surface area contributed by atoms with E-state index < -0.39 is 0 Å². The SMILES string of the molecule is Cl.Cn1ccc(C(=O)N(CCN2CCOCC2)c2nc3ccccc3s2)n1.